The molecule has 1 aliphatic rings. The van der Waals surface area contributed by atoms with E-state index < -0.39 is 0 Å². The Morgan fingerprint density at radius 2 is 1.76 bits per heavy atom. The molecule has 1 fully saturated rings. The predicted molar refractivity (Wildman–Crippen MR) is 86.6 cm³/mol. The molecule has 1 saturated carbocycles. The van der Waals surface area contributed by atoms with E-state index in [0.29, 0.717) is 16.7 Å². The number of halogens is 1. The fraction of sp³-hybridized carbons (Fsp3) is 0.611. The number of rotatable bonds is 5. The molecule has 0 aliphatic heterocycles. The van der Waals surface area contributed by atoms with Gasteiger partial charge in [-0.05, 0) is 55.7 Å². The third-order valence-corrected chi connectivity index (χ3v) is 4.82. The van der Waals surface area contributed by atoms with Crippen LogP contribution in [0.2, 0.25) is 5.02 Å². The smallest absolute Gasteiger partial charge is 0.142 e. The summed E-state index contributed by atoms with van der Waals surface area (Å²) in [5, 5.41) is 10.3. The highest BCUT2D eigenvalue weighted by Crippen LogP contribution is 2.35. The minimum Gasteiger partial charge on any atom is -0.393 e. The van der Waals surface area contributed by atoms with Crippen LogP contribution in [0.1, 0.15) is 57.4 Å². The van der Waals surface area contributed by atoms with Gasteiger partial charge >= 0.3 is 0 Å². The monoisotopic (exact) mass is 308 g/mol. The van der Waals surface area contributed by atoms with Crippen molar-refractivity contribution in [3.63, 3.8) is 0 Å². The van der Waals surface area contributed by atoms with Gasteiger partial charge in [-0.1, -0.05) is 37.6 Å². The van der Waals surface area contributed by atoms with Crippen molar-refractivity contribution in [3.05, 3.63) is 34.9 Å². The van der Waals surface area contributed by atoms with Crippen LogP contribution in [0.3, 0.4) is 0 Å². The summed E-state index contributed by atoms with van der Waals surface area (Å²) in [5.41, 5.74) is 1.07. The number of ketones is 1. The molecule has 116 valence electrons. The molecule has 0 spiro atoms. The van der Waals surface area contributed by atoms with E-state index in [2.05, 4.69) is 0 Å². The van der Waals surface area contributed by atoms with Gasteiger partial charge in [0.15, 0.2) is 0 Å². The molecule has 2 rings (SSSR count). The van der Waals surface area contributed by atoms with E-state index >= 15 is 0 Å². The fourth-order valence-electron chi connectivity index (χ4n) is 3.23. The van der Waals surface area contributed by atoms with E-state index in [1.807, 2.05) is 38.1 Å². The van der Waals surface area contributed by atoms with Crippen LogP contribution in [0.25, 0.3) is 0 Å². The summed E-state index contributed by atoms with van der Waals surface area (Å²) in [6, 6.07) is 7.68. The van der Waals surface area contributed by atoms with Crippen molar-refractivity contribution in [2.45, 2.75) is 58.0 Å². The van der Waals surface area contributed by atoms with Gasteiger partial charge in [-0.25, -0.2) is 0 Å². The molecule has 1 aromatic rings. The third kappa shape index (κ3) is 4.55. The molecule has 2 nitrogen and oxygen atoms in total. The van der Waals surface area contributed by atoms with Crippen molar-refractivity contribution in [2.75, 3.05) is 0 Å². The summed E-state index contributed by atoms with van der Waals surface area (Å²) in [7, 11) is 0. The molecule has 3 heteroatoms. The zero-order valence-electron chi connectivity index (χ0n) is 12.9. The lowest BCUT2D eigenvalue weighted by Crippen LogP contribution is -2.24. The Bertz CT molecular complexity index is 459. The van der Waals surface area contributed by atoms with Crippen LogP contribution in [0.15, 0.2) is 24.3 Å². The molecule has 0 aromatic heterocycles. The van der Waals surface area contributed by atoms with Gasteiger partial charge in [-0.3, -0.25) is 4.79 Å². The number of carbonyl (C=O) groups is 1. The molecule has 0 amide bonds. The van der Waals surface area contributed by atoms with Gasteiger partial charge in [-0.15, -0.1) is 0 Å². The summed E-state index contributed by atoms with van der Waals surface area (Å²) < 4.78 is 0. The molecule has 1 aromatic carbocycles. The second kappa shape index (κ2) is 7.42. The summed E-state index contributed by atoms with van der Waals surface area (Å²) in [6.45, 7) is 3.94. The lowest BCUT2D eigenvalue weighted by molar-refractivity contribution is -0.123. The van der Waals surface area contributed by atoms with Gasteiger partial charge in [0.1, 0.15) is 5.78 Å². The number of carbonyl (C=O) groups excluding carboxylic acids is 1. The Balaban J connectivity index is 2.12. The van der Waals surface area contributed by atoms with Crippen molar-refractivity contribution in [1.82, 2.24) is 0 Å². The van der Waals surface area contributed by atoms with Crippen LogP contribution in [-0.4, -0.2) is 17.0 Å². The number of hydrogen-bond donors (Lipinski definition) is 1. The highest BCUT2D eigenvalue weighted by molar-refractivity contribution is 6.30. The molecule has 0 radical (unpaired) electrons. The van der Waals surface area contributed by atoms with Gasteiger partial charge in [0, 0.05) is 16.9 Å². The first-order valence-corrected chi connectivity index (χ1v) is 8.32. The van der Waals surface area contributed by atoms with E-state index in [0.717, 1.165) is 37.7 Å². The first kappa shape index (κ1) is 16.5. The third-order valence-electron chi connectivity index (χ3n) is 4.57. The van der Waals surface area contributed by atoms with Crippen molar-refractivity contribution in [2.24, 2.45) is 11.8 Å². The Labute approximate surface area is 132 Å². The van der Waals surface area contributed by atoms with Crippen LogP contribution in [0.5, 0.6) is 0 Å². The number of hydrogen-bond acceptors (Lipinski definition) is 2. The van der Waals surface area contributed by atoms with Gasteiger partial charge in [0.05, 0.1) is 6.10 Å². The lowest BCUT2D eigenvalue weighted by atomic mass is 9.77. The van der Waals surface area contributed by atoms with Crippen molar-refractivity contribution in [1.29, 1.82) is 0 Å². The average Bonchev–Trinajstić information content (AvgIpc) is 2.47. The largest absolute Gasteiger partial charge is 0.393 e. The van der Waals surface area contributed by atoms with Crippen LogP contribution < -0.4 is 0 Å². The fourth-order valence-corrected chi connectivity index (χ4v) is 3.35. The summed E-state index contributed by atoms with van der Waals surface area (Å²) in [5.74, 6) is 0.850. The van der Waals surface area contributed by atoms with Gasteiger partial charge < -0.3 is 5.11 Å². The SMILES string of the molecule is CC(C)C(=O)C(CC1CCC(O)CC1)c1ccc(Cl)cc1. The number of aliphatic hydroxyl groups excluding tert-OH is 1. The maximum Gasteiger partial charge on any atom is 0.142 e. The Morgan fingerprint density at radius 1 is 1.19 bits per heavy atom. The van der Waals surface area contributed by atoms with Gasteiger partial charge in [0.2, 0.25) is 0 Å². The minimum atomic E-state index is -0.143. The molecule has 21 heavy (non-hydrogen) atoms. The predicted octanol–water partition coefficient (Wildman–Crippen LogP) is 4.59. The second-order valence-electron chi connectivity index (χ2n) is 6.57. The van der Waals surface area contributed by atoms with Gasteiger partial charge in [-0.2, -0.15) is 0 Å². The normalized spacial score (nSPS) is 24.0. The van der Waals surface area contributed by atoms with Crippen molar-refractivity contribution >= 4 is 17.4 Å². The van der Waals surface area contributed by atoms with Crippen molar-refractivity contribution in [3.8, 4) is 0 Å². The summed E-state index contributed by atoms with van der Waals surface area (Å²) >= 11 is 5.95. The Morgan fingerprint density at radius 3 is 2.29 bits per heavy atom. The standard InChI is InChI=1S/C18H25ClO2/c1-12(2)18(21)17(14-5-7-15(19)8-6-14)11-13-3-9-16(20)10-4-13/h5-8,12-13,16-17,20H,3-4,9-11H2,1-2H3. The van der Waals surface area contributed by atoms with Gasteiger partial charge in [0.25, 0.3) is 0 Å². The first-order valence-electron chi connectivity index (χ1n) is 7.94. The molecule has 0 bridgehead atoms. The Hall–Kier alpha value is -0.860. The molecule has 1 N–H and O–H groups in total. The summed E-state index contributed by atoms with van der Waals surface area (Å²) in [4.78, 5) is 12.6. The number of Topliss-reactive ketones (excluding diaryl/α,β-unsaturated/α-hetero) is 1. The van der Waals surface area contributed by atoms with E-state index in [1.165, 1.54) is 0 Å². The van der Waals surface area contributed by atoms with E-state index in [9.17, 15) is 9.90 Å². The Kier molecular flexibility index (Phi) is 5.83. The zero-order chi connectivity index (χ0) is 15.4. The quantitative estimate of drug-likeness (QED) is 0.863. The molecule has 1 atom stereocenters. The highest BCUT2D eigenvalue weighted by Gasteiger charge is 2.28. The maximum atomic E-state index is 12.6. The molecule has 0 saturated heterocycles. The van der Waals surface area contributed by atoms with Crippen LogP contribution in [0, 0.1) is 11.8 Å². The van der Waals surface area contributed by atoms with Crippen LogP contribution in [0.4, 0.5) is 0 Å². The molecular formula is C18H25ClO2. The maximum absolute atomic E-state index is 12.6. The topological polar surface area (TPSA) is 37.3 Å². The molecule has 1 aliphatic carbocycles. The van der Waals surface area contributed by atoms with Crippen LogP contribution in [-0.2, 0) is 4.79 Å². The van der Waals surface area contributed by atoms with E-state index in [1.54, 1.807) is 0 Å². The van der Waals surface area contributed by atoms with Crippen molar-refractivity contribution < 1.29 is 9.90 Å². The average molecular weight is 309 g/mol. The number of aliphatic hydroxyl groups is 1. The first-order chi connectivity index (χ1) is 9.97. The second-order valence-corrected chi connectivity index (χ2v) is 7.01. The highest BCUT2D eigenvalue weighted by atomic mass is 35.5. The van der Waals surface area contributed by atoms with Crippen LogP contribution >= 0.6 is 11.6 Å². The van der Waals surface area contributed by atoms with E-state index in [-0.39, 0.29) is 17.9 Å². The zero-order valence-corrected chi connectivity index (χ0v) is 13.6. The lowest BCUT2D eigenvalue weighted by Gasteiger charge is -2.29. The minimum absolute atomic E-state index is 0.0393. The molecule has 1 unspecified atom stereocenters. The molecular weight excluding hydrogens is 284 g/mol. The number of benzene rings is 1. The summed E-state index contributed by atoms with van der Waals surface area (Å²) in [6.07, 6.45) is 4.54. The van der Waals surface area contributed by atoms with E-state index in [4.69, 9.17) is 11.6 Å². The molecule has 0 heterocycles.